The number of Topliss-reactive ketones (excluding diaryl/α,β-unsaturated/α-hetero) is 2. The van der Waals surface area contributed by atoms with Crippen molar-refractivity contribution in [3.05, 3.63) is 93.5 Å². The summed E-state index contributed by atoms with van der Waals surface area (Å²) in [5, 5.41) is 0. The predicted octanol–water partition coefficient (Wildman–Crippen LogP) is 4.59. The molecule has 0 unspecified atom stereocenters. The molecule has 144 valence electrons. The lowest BCUT2D eigenvalue weighted by molar-refractivity contribution is -0.101. The summed E-state index contributed by atoms with van der Waals surface area (Å²) in [7, 11) is 0. The molecule has 0 radical (unpaired) electrons. The topological polar surface area (TPSA) is 69.7 Å². The van der Waals surface area contributed by atoms with E-state index in [0.29, 0.717) is 39.3 Å². The number of rotatable bonds is 0. The van der Waals surface area contributed by atoms with Crippen molar-refractivity contribution in [1.29, 1.82) is 0 Å². The van der Waals surface area contributed by atoms with E-state index in [1.807, 2.05) is 0 Å². The third-order valence-electron chi connectivity index (χ3n) is 5.31. The molecule has 5 nitrogen and oxygen atoms in total. The monoisotopic (exact) mass is 386 g/mol. The maximum absolute atomic E-state index is 13.2. The average Bonchev–Trinajstić information content (AvgIpc) is 2.72. The molecule has 29 heavy (non-hydrogen) atoms. The van der Waals surface area contributed by atoms with Crippen LogP contribution in [0.2, 0.25) is 0 Å². The minimum absolute atomic E-state index is 0.216. The van der Waals surface area contributed by atoms with Crippen molar-refractivity contribution < 1.29 is 24.2 Å². The summed E-state index contributed by atoms with van der Waals surface area (Å²) in [5.74, 6) is -0.858. The van der Waals surface area contributed by atoms with Crippen LogP contribution < -0.4 is 9.78 Å². The van der Waals surface area contributed by atoms with Gasteiger partial charge >= 0.3 is 0 Å². The van der Waals surface area contributed by atoms with Gasteiger partial charge in [-0.15, -0.1) is 0 Å². The Kier molecular flexibility index (Phi) is 4.51. The highest BCUT2D eigenvalue weighted by atomic mass is 17.2. The van der Waals surface area contributed by atoms with Gasteiger partial charge in [0, 0.05) is 33.4 Å². The van der Waals surface area contributed by atoms with Gasteiger partial charge in [-0.25, -0.2) is 0 Å². The molecule has 6 bridgehead atoms. The highest BCUT2D eigenvalue weighted by molar-refractivity contribution is 6.50. The second-order valence-corrected chi connectivity index (χ2v) is 6.99. The first-order chi connectivity index (χ1) is 13.9. The molecule has 0 N–H and O–H groups in total. The van der Waals surface area contributed by atoms with Crippen LogP contribution in [0.4, 0.5) is 0 Å². The van der Waals surface area contributed by atoms with Gasteiger partial charge in [0.1, 0.15) is 0 Å². The lowest BCUT2D eigenvalue weighted by Crippen LogP contribution is -2.19. The molecule has 0 aliphatic carbocycles. The number of carbonyl (C=O) groups is 3. The van der Waals surface area contributed by atoms with Crippen LogP contribution in [-0.4, -0.2) is 17.3 Å². The number of hydrogen-bond donors (Lipinski definition) is 0. The Balaban J connectivity index is 2.00. The molecule has 5 heteroatoms. The fourth-order valence-electron chi connectivity index (χ4n) is 3.51. The number of ketones is 3. The van der Waals surface area contributed by atoms with E-state index in [4.69, 9.17) is 9.78 Å². The van der Waals surface area contributed by atoms with Crippen LogP contribution in [0.3, 0.4) is 0 Å². The van der Waals surface area contributed by atoms with E-state index in [1.54, 1.807) is 75.4 Å². The van der Waals surface area contributed by atoms with Crippen LogP contribution in [-0.2, 0) is 0 Å². The Bertz CT molecular complexity index is 1190. The maximum atomic E-state index is 13.2. The van der Waals surface area contributed by atoms with Crippen molar-refractivity contribution in [2.45, 2.75) is 20.8 Å². The molecule has 0 atom stereocenters. The summed E-state index contributed by atoms with van der Waals surface area (Å²) in [6.07, 6.45) is 0. The minimum atomic E-state index is -0.666. The van der Waals surface area contributed by atoms with Gasteiger partial charge in [-0.3, -0.25) is 24.2 Å². The molecule has 0 spiro atoms. The quantitative estimate of drug-likeness (QED) is 0.417. The molecule has 3 aromatic rings. The Morgan fingerprint density at radius 3 is 1.31 bits per heavy atom. The lowest BCUT2D eigenvalue weighted by Gasteiger charge is -2.16. The van der Waals surface area contributed by atoms with Crippen molar-refractivity contribution in [2.24, 2.45) is 0 Å². The standard InChI is InChI=1S/C24H18O5/c1-13-16-7-4-8-17(13)23(26)24(27)19-10-6-12-21(15(19)3)29-28-20-11-5-9-18(14(20)2)22(16)25/h4-12H,1-3H3. The average molecular weight is 386 g/mol. The minimum Gasteiger partial charge on any atom is -0.290 e. The zero-order valence-corrected chi connectivity index (χ0v) is 16.2. The van der Waals surface area contributed by atoms with E-state index in [1.165, 1.54) is 0 Å². The van der Waals surface area contributed by atoms with E-state index in [9.17, 15) is 14.4 Å². The van der Waals surface area contributed by atoms with Gasteiger partial charge in [-0.1, -0.05) is 42.5 Å². The maximum Gasteiger partial charge on any atom is 0.233 e. The highest BCUT2D eigenvalue weighted by Gasteiger charge is 2.26. The number of fused-ring (bicyclic) bond motifs is 6. The molecule has 3 aromatic carbocycles. The number of hydrogen-bond acceptors (Lipinski definition) is 5. The highest BCUT2D eigenvalue weighted by Crippen LogP contribution is 2.29. The van der Waals surface area contributed by atoms with Gasteiger partial charge in [0.25, 0.3) is 0 Å². The molecule has 0 amide bonds. The molecule has 4 rings (SSSR count). The first-order valence-electron chi connectivity index (χ1n) is 9.17. The first kappa shape index (κ1) is 18.6. The smallest absolute Gasteiger partial charge is 0.233 e. The van der Waals surface area contributed by atoms with Crippen LogP contribution in [0.25, 0.3) is 0 Å². The Hall–Kier alpha value is -3.73. The summed E-state index contributed by atoms with van der Waals surface area (Å²) < 4.78 is 0. The fourth-order valence-corrected chi connectivity index (χ4v) is 3.51. The second-order valence-electron chi connectivity index (χ2n) is 6.99. The summed E-state index contributed by atoms with van der Waals surface area (Å²) in [6.45, 7) is 5.15. The van der Waals surface area contributed by atoms with Crippen molar-refractivity contribution in [2.75, 3.05) is 0 Å². The Morgan fingerprint density at radius 1 is 0.483 bits per heavy atom. The summed E-state index contributed by atoms with van der Waals surface area (Å²) in [5.41, 5.74) is 2.85. The predicted molar refractivity (Wildman–Crippen MR) is 107 cm³/mol. The Labute approximate surface area is 167 Å². The van der Waals surface area contributed by atoms with E-state index < -0.39 is 11.6 Å². The van der Waals surface area contributed by atoms with E-state index >= 15 is 0 Å². The van der Waals surface area contributed by atoms with Crippen LogP contribution in [0.15, 0.2) is 54.6 Å². The van der Waals surface area contributed by atoms with Crippen LogP contribution >= 0.6 is 0 Å². The molecule has 1 aliphatic rings. The van der Waals surface area contributed by atoms with Gasteiger partial charge in [0.05, 0.1) is 0 Å². The van der Waals surface area contributed by atoms with Gasteiger partial charge in [0.15, 0.2) is 17.3 Å². The largest absolute Gasteiger partial charge is 0.290 e. The summed E-state index contributed by atoms with van der Waals surface area (Å²) in [4.78, 5) is 50.0. The number of carbonyl (C=O) groups excluding carboxylic acids is 3. The van der Waals surface area contributed by atoms with Crippen LogP contribution in [0.1, 0.15) is 53.3 Å². The van der Waals surface area contributed by atoms with E-state index in [2.05, 4.69) is 0 Å². The third kappa shape index (κ3) is 3.01. The van der Waals surface area contributed by atoms with Crippen LogP contribution in [0.5, 0.6) is 11.5 Å². The summed E-state index contributed by atoms with van der Waals surface area (Å²) in [6, 6.07) is 14.8. The van der Waals surface area contributed by atoms with Gasteiger partial charge in [-0.05, 0) is 38.5 Å². The zero-order chi connectivity index (χ0) is 20.7. The first-order valence-corrected chi connectivity index (χ1v) is 9.17. The fraction of sp³-hybridized carbons (Fsp3) is 0.125. The second kappa shape index (κ2) is 7.02. The van der Waals surface area contributed by atoms with E-state index in [0.717, 1.165) is 0 Å². The summed E-state index contributed by atoms with van der Waals surface area (Å²) >= 11 is 0. The van der Waals surface area contributed by atoms with E-state index in [-0.39, 0.29) is 16.9 Å². The molecule has 0 saturated heterocycles. The van der Waals surface area contributed by atoms with Gasteiger partial charge in [-0.2, -0.15) is 0 Å². The SMILES string of the molecule is Cc1c2cccc1C(=O)C(=O)c1cccc(c1C)C(=O)c1cccc(c1C)OO2. The lowest BCUT2D eigenvalue weighted by atomic mass is 9.89. The van der Waals surface area contributed by atoms with Crippen molar-refractivity contribution >= 4 is 17.3 Å². The molecule has 0 saturated carbocycles. The Morgan fingerprint density at radius 2 is 0.828 bits per heavy atom. The molecule has 0 fully saturated rings. The van der Waals surface area contributed by atoms with Crippen molar-refractivity contribution in [3.8, 4) is 11.5 Å². The molecular weight excluding hydrogens is 368 g/mol. The molecule has 0 aromatic heterocycles. The normalized spacial score (nSPS) is 13.4. The molecule has 1 aliphatic heterocycles. The zero-order valence-electron chi connectivity index (χ0n) is 16.2. The molecular formula is C24H18O5. The van der Waals surface area contributed by atoms with Crippen molar-refractivity contribution in [3.63, 3.8) is 0 Å². The molecule has 1 heterocycles. The van der Waals surface area contributed by atoms with Gasteiger partial charge < -0.3 is 0 Å². The third-order valence-corrected chi connectivity index (χ3v) is 5.31. The number of benzene rings is 3. The van der Waals surface area contributed by atoms with Crippen molar-refractivity contribution in [1.82, 2.24) is 0 Å². The van der Waals surface area contributed by atoms with Crippen LogP contribution in [0, 0.1) is 20.8 Å². The van der Waals surface area contributed by atoms with Gasteiger partial charge in [0.2, 0.25) is 11.6 Å².